The average molecular weight is 486 g/mol. The summed E-state index contributed by atoms with van der Waals surface area (Å²) in [6.07, 6.45) is 4.37. The molecule has 3 amide bonds. The molecule has 0 radical (unpaired) electrons. The van der Waals surface area contributed by atoms with Crippen LogP contribution in [0.2, 0.25) is 0 Å². The third kappa shape index (κ3) is 5.63. The van der Waals surface area contributed by atoms with Crippen molar-refractivity contribution in [1.29, 1.82) is 0 Å². The van der Waals surface area contributed by atoms with Crippen LogP contribution in [-0.2, 0) is 19.1 Å². The summed E-state index contributed by atoms with van der Waals surface area (Å²) in [5.41, 5.74) is 0.885. The minimum atomic E-state index is -0.359. The van der Waals surface area contributed by atoms with Crippen LogP contribution in [0.4, 0.5) is 0 Å². The molecule has 192 valence electrons. The summed E-state index contributed by atoms with van der Waals surface area (Å²) in [7, 11) is 1.63. The van der Waals surface area contributed by atoms with Crippen LogP contribution >= 0.6 is 0 Å². The highest BCUT2D eigenvalue weighted by molar-refractivity contribution is 5.86. The van der Waals surface area contributed by atoms with Crippen LogP contribution in [0, 0.1) is 11.8 Å². The van der Waals surface area contributed by atoms with Gasteiger partial charge in [0.25, 0.3) is 0 Å². The Morgan fingerprint density at radius 3 is 2.57 bits per heavy atom. The molecule has 3 heterocycles. The molecule has 8 heteroatoms. The second-order valence-electron chi connectivity index (χ2n) is 9.83. The van der Waals surface area contributed by atoms with Crippen molar-refractivity contribution in [3.63, 3.8) is 0 Å². The molecule has 4 rings (SSSR count). The van der Waals surface area contributed by atoms with Gasteiger partial charge in [0.2, 0.25) is 17.7 Å². The lowest BCUT2D eigenvalue weighted by molar-refractivity contribution is -0.151. The Balaban J connectivity index is 1.57. The van der Waals surface area contributed by atoms with Crippen molar-refractivity contribution >= 4 is 17.7 Å². The van der Waals surface area contributed by atoms with Crippen molar-refractivity contribution in [2.45, 2.75) is 51.5 Å². The summed E-state index contributed by atoms with van der Waals surface area (Å²) in [6, 6.07) is 7.36. The fraction of sp³-hybridized carbons (Fsp3) is 0.667. The lowest BCUT2D eigenvalue weighted by atomic mass is 9.82. The number of carbonyl (C=O) groups excluding carboxylic acids is 3. The highest BCUT2D eigenvalue weighted by atomic mass is 16.5. The summed E-state index contributed by atoms with van der Waals surface area (Å²) in [5.74, 6) is 0.461. The van der Waals surface area contributed by atoms with Crippen LogP contribution in [0.3, 0.4) is 0 Å². The van der Waals surface area contributed by atoms with Gasteiger partial charge in [-0.05, 0) is 31.7 Å². The van der Waals surface area contributed by atoms with Gasteiger partial charge in [-0.3, -0.25) is 14.4 Å². The van der Waals surface area contributed by atoms with Crippen molar-refractivity contribution in [1.82, 2.24) is 14.7 Å². The molecule has 3 fully saturated rings. The molecule has 3 atom stereocenters. The molecule has 0 N–H and O–H groups in total. The van der Waals surface area contributed by atoms with Crippen molar-refractivity contribution < 1.29 is 23.9 Å². The van der Waals surface area contributed by atoms with Crippen molar-refractivity contribution in [3.8, 4) is 5.75 Å². The third-order valence-electron chi connectivity index (χ3n) is 7.64. The van der Waals surface area contributed by atoms with Gasteiger partial charge in [-0.25, -0.2) is 0 Å². The predicted molar refractivity (Wildman–Crippen MR) is 132 cm³/mol. The van der Waals surface area contributed by atoms with E-state index in [1.807, 2.05) is 39.0 Å². The quantitative estimate of drug-likeness (QED) is 0.593. The minimum absolute atomic E-state index is 0.0504. The molecule has 35 heavy (non-hydrogen) atoms. The number of nitrogens with zero attached hydrogens (tertiary/aromatic N) is 3. The molecule has 0 aromatic heterocycles. The van der Waals surface area contributed by atoms with Gasteiger partial charge in [0.1, 0.15) is 5.75 Å². The van der Waals surface area contributed by atoms with Crippen LogP contribution in [0.1, 0.15) is 57.1 Å². The maximum absolute atomic E-state index is 14.0. The van der Waals surface area contributed by atoms with E-state index in [1.54, 1.807) is 7.11 Å². The van der Waals surface area contributed by atoms with Crippen molar-refractivity contribution in [2.75, 3.05) is 53.0 Å². The standard InChI is InChI=1S/C27H39N3O5/c1-3-4-14-30-24(31)12-11-22(25(30)21-9-5-6-10-23(21)34-2)27(33)29-13-7-8-20(19-29)26(32)28-15-17-35-18-16-28/h5-6,9-10,20,22,25H,3-4,7-8,11-19H2,1-2H3. The van der Waals surface area contributed by atoms with E-state index in [0.717, 1.165) is 31.2 Å². The molecular weight excluding hydrogens is 446 g/mol. The normalized spacial score (nSPS) is 25.5. The van der Waals surface area contributed by atoms with Crippen LogP contribution in [0.15, 0.2) is 24.3 Å². The van der Waals surface area contributed by atoms with Gasteiger partial charge < -0.3 is 24.2 Å². The Kier molecular flexibility index (Phi) is 8.65. The molecule has 3 unspecified atom stereocenters. The average Bonchev–Trinajstić information content (AvgIpc) is 2.92. The first-order chi connectivity index (χ1) is 17.0. The maximum Gasteiger partial charge on any atom is 0.228 e. The summed E-state index contributed by atoms with van der Waals surface area (Å²) >= 11 is 0. The number of para-hydroxylation sites is 1. The van der Waals surface area contributed by atoms with E-state index >= 15 is 0 Å². The smallest absolute Gasteiger partial charge is 0.228 e. The van der Waals surface area contributed by atoms with E-state index in [4.69, 9.17) is 9.47 Å². The summed E-state index contributed by atoms with van der Waals surface area (Å²) in [6.45, 7) is 6.23. The van der Waals surface area contributed by atoms with Crippen LogP contribution in [0.5, 0.6) is 5.75 Å². The fourth-order valence-electron chi connectivity index (χ4n) is 5.75. The molecule has 0 aliphatic carbocycles. The SMILES string of the molecule is CCCCN1C(=O)CCC(C(=O)N2CCCC(C(=O)N3CCOCC3)C2)C1c1ccccc1OC. The number of amides is 3. The molecule has 1 aromatic rings. The number of unbranched alkanes of at least 4 members (excludes halogenated alkanes) is 1. The van der Waals surface area contributed by atoms with Crippen molar-refractivity contribution in [2.24, 2.45) is 11.8 Å². The summed E-state index contributed by atoms with van der Waals surface area (Å²) in [4.78, 5) is 45.9. The largest absolute Gasteiger partial charge is 0.496 e. The molecular formula is C27H39N3O5. The highest BCUT2D eigenvalue weighted by Crippen LogP contribution is 2.42. The second-order valence-corrected chi connectivity index (χ2v) is 9.83. The summed E-state index contributed by atoms with van der Waals surface area (Å²) < 4.78 is 11.0. The van der Waals surface area contributed by atoms with Crippen LogP contribution in [-0.4, -0.2) is 85.5 Å². The van der Waals surface area contributed by atoms with Gasteiger partial charge in [0.15, 0.2) is 0 Å². The van der Waals surface area contributed by atoms with Crippen molar-refractivity contribution in [3.05, 3.63) is 29.8 Å². The second kappa shape index (κ2) is 11.9. The van der Waals surface area contributed by atoms with E-state index < -0.39 is 0 Å². The van der Waals surface area contributed by atoms with E-state index in [9.17, 15) is 14.4 Å². The molecule has 1 aromatic carbocycles. The van der Waals surface area contributed by atoms with E-state index in [2.05, 4.69) is 6.92 Å². The number of rotatable bonds is 7. The van der Waals surface area contributed by atoms with Gasteiger partial charge in [-0.2, -0.15) is 0 Å². The first kappa shape index (κ1) is 25.5. The number of morpholine rings is 1. The Morgan fingerprint density at radius 2 is 1.83 bits per heavy atom. The molecule has 0 spiro atoms. The molecule has 3 saturated heterocycles. The number of hydrogen-bond acceptors (Lipinski definition) is 5. The monoisotopic (exact) mass is 485 g/mol. The Bertz CT molecular complexity index is 901. The Hall–Kier alpha value is -2.61. The van der Waals surface area contributed by atoms with E-state index in [1.165, 1.54) is 0 Å². The van der Waals surface area contributed by atoms with Gasteiger partial charge >= 0.3 is 0 Å². The maximum atomic E-state index is 14.0. The van der Waals surface area contributed by atoms with Gasteiger partial charge in [0, 0.05) is 44.7 Å². The lowest BCUT2D eigenvalue weighted by Crippen LogP contribution is -2.53. The number of likely N-dealkylation sites (tertiary alicyclic amines) is 2. The molecule has 0 bridgehead atoms. The predicted octanol–water partition coefficient (Wildman–Crippen LogP) is 2.87. The number of hydrogen-bond donors (Lipinski definition) is 0. The van der Waals surface area contributed by atoms with E-state index in [-0.39, 0.29) is 35.6 Å². The number of ether oxygens (including phenoxy) is 2. The zero-order valence-electron chi connectivity index (χ0n) is 21.1. The zero-order chi connectivity index (χ0) is 24.8. The molecule has 3 aliphatic heterocycles. The van der Waals surface area contributed by atoms with Gasteiger partial charge in [0.05, 0.1) is 38.2 Å². The zero-order valence-corrected chi connectivity index (χ0v) is 21.1. The number of carbonyl (C=O) groups is 3. The first-order valence-corrected chi connectivity index (χ1v) is 13.1. The third-order valence-corrected chi connectivity index (χ3v) is 7.64. The molecule has 8 nitrogen and oxygen atoms in total. The Labute approximate surface area is 208 Å². The van der Waals surface area contributed by atoms with Gasteiger partial charge in [-0.15, -0.1) is 0 Å². The Morgan fingerprint density at radius 1 is 1.06 bits per heavy atom. The number of methoxy groups -OCH3 is 1. The fourth-order valence-corrected chi connectivity index (χ4v) is 5.75. The number of benzene rings is 1. The van der Waals surface area contributed by atoms with E-state index in [0.29, 0.717) is 64.5 Å². The van der Waals surface area contributed by atoms with Crippen LogP contribution in [0.25, 0.3) is 0 Å². The summed E-state index contributed by atoms with van der Waals surface area (Å²) in [5, 5.41) is 0. The topological polar surface area (TPSA) is 79.4 Å². The molecule has 0 saturated carbocycles. The molecule has 3 aliphatic rings. The lowest BCUT2D eigenvalue weighted by Gasteiger charge is -2.44. The number of piperidine rings is 2. The minimum Gasteiger partial charge on any atom is -0.496 e. The van der Waals surface area contributed by atoms with Gasteiger partial charge in [-0.1, -0.05) is 31.5 Å². The van der Waals surface area contributed by atoms with Crippen LogP contribution < -0.4 is 4.74 Å². The highest BCUT2D eigenvalue weighted by Gasteiger charge is 2.44. The first-order valence-electron chi connectivity index (χ1n) is 13.1.